The highest BCUT2D eigenvalue weighted by molar-refractivity contribution is 6.01. The highest BCUT2D eigenvalue weighted by Crippen LogP contribution is 2.24. The number of ether oxygens (including phenoxy) is 1. The number of hydrogen-bond donors (Lipinski definition) is 1. The zero-order chi connectivity index (χ0) is 25.1. The van der Waals surface area contributed by atoms with E-state index in [0.29, 0.717) is 11.4 Å². The van der Waals surface area contributed by atoms with Crippen LogP contribution in [0.2, 0.25) is 0 Å². The zero-order valence-electron chi connectivity index (χ0n) is 19.1. The van der Waals surface area contributed by atoms with E-state index in [4.69, 9.17) is 9.26 Å². The Morgan fingerprint density at radius 3 is 2.61 bits per heavy atom. The highest BCUT2D eigenvalue weighted by Gasteiger charge is 2.19. The van der Waals surface area contributed by atoms with Crippen LogP contribution in [0.15, 0.2) is 82.2 Å². The number of pyridine rings is 1. The number of carbonyl (C=O) groups is 2. The van der Waals surface area contributed by atoms with Crippen LogP contribution in [-0.4, -0.2) is 42.8 Å². The third-order valence-electron chi connectivity index (χ3n) is 5.29. The van der Waals surface area contributed by atoms with Crippen LogP contribution in [-0.2, 0) is 16.1 Å². The van der Waals surface area contributed by atoms with Crippen LogP contribution in [0.3, 0.4) is 0 Å². The van der Waals surface area contributed by atoms with Gasteiger partial charge in [-0.05, 0) is 31.2 Å². The fourth-order valence-corrected chi connectivity index (χ4v) is 3.65. The van der Waals surface area contributed by atoms with Gasteiger partial charge in [0.05, 0.1) is 23.4 Å². The molecular weight excluding hydrogens is 464 g/mol. The summed E-state index contributed by atoms with van der Waals surface area (Å²) in [6.45, 7) is 1.52. The lowest BCUT2D eigenvalue weighted by Gasteiger charge is -2.10. The molecule has 0 radical (unpaired) electrons. The Bertz CT molecular complexity index is 1620. The van der Waals surface area contributed by atoms with Crippen molar-refractivity contribution in [3.8, 4) is 22.8 Å². The molecule has 0 saturated carbocycles. The van der Waals surface area contributed by atoms with Gasteiger partial charge < -0.3 is 14.6 Å². The normalized spacial score (nSPS) is 10.9. The molecule has 36 heavy (non-hydrogen) atoms. The zero-order valence-corrected chi connectivity index (χ0v) is 19.1. The molecule has 180 valence electrons. The van der Waals surface area contributed by atoms with Crippen LogP contribution in [0, 0.1) is 0 Å². The summed E-state index contributed by atoms with van der Waals surface area (Å²) in [4.78, 5) is 42.3. The van der Waals surface area contributed by atoms with Crippen molar-refractivity contribution < 1.29 is 18.8 Å². The van der Waals surface area contributed by atoms with Crippen LogP contribution in [0.5, 0.6) is 0 Å². The molecule has 0 saturated heterocycles. The van der Waals surface area contributed by atoms with Crippen molar-refractivity contribution in [2.45, 2.75) is 13.5 Å². The molecule has 5 aromatic rings. The predicted octanol–water partition coefficient (Wildman–Crippen LogP) is 3.03. The second kappa shape index (κ2) is 9.66. The van der Waals surface area contributed by atoms with Crippen molar-refractivity contribution in [1.29, 1.82) is 0 Å². The van der Waals surface area contributed by atoms with Crippen LogP contribution in [0.1, 0.15) is 17.3 Å². The number of nitrogens with zero attached hydrogens (tertiary/aromatic N) is 5. The van der Waals surface area contributed by atoms with E-state index in [2.05, 4.69) is 20.6 Å². The molecule has 0 aliphatic carbocycles. The number of hydrogen-bond acceptors (Lipinski definition) is 8. The van der Waals surface area contributed by atoms with Crippen molar-refractivity contribution in [1.82, 2.24) is 24.3 Å². The van der Waals surface area contributed by atoms with Crippen molar-refractivity contribution in [3.05, 3.63) is 89.0 Å². The van der Waals surface area contributed by atoms with E-state index in [1.165, 1.54) is 10.6 Å². The average Bonchev–Trinajstić information content (AvgIpc) is 3.50. The predicted molar refractivity (Wildman–Crippen MR) is 129 cm³/mol. The van der Waals surface area contributed by atoms with Gasteiger partial charge in [-0.2, -0.15) is 4.98 Å². The summed E-state index contributed by atoms with van der Waals surface area (Å²) in [6, 6.07) is 19.1. The Kier molecular flexibility index (Phi) is 6.10. The molecule has 0 aliphatic heterocycles. The highest BCUT2D eigenvalue weighted by atomic mass is 16.5. The van der Waals surface area contributed by atoms with Crippen LogP contribution in [0.25, 0.3) is 28.5 Å². The lowest BCUT2D eigenvalue weighted by Crippen LogP contribution is -2.28. The Labute approximate surface area is 203 Å². The Hall–Kier alpha value is -5.06. The van der Waals surface area contributed by atoms with Crippen LogP contribution in [0.4, 0.5) is 5.69 Å². The van der Waals surface area contributed by atoms with E-state index in [0.717, 1.165) is 10.2 Å². The molecule has 1 amide bonds. The summed E-state index contributed by atoms with van der Waals surface area (Å²) in [6.07, 6.45) is 1.53. The molecule has 11 nitrogen and oxygen atoms in total. The van der Waals surface area contributed by atoms with E-state index in [1.807, 2.05) is 30.3 Å². The minimum absolute atomic E-state index is 0.185. The molecule has 0 bridgehead atoms. The molecule has 11 heteroatoms. The molecule has 0 unspecified atom stereocenters. The lowest BCUT2D eigenvalue weighted by molar-refractivity contribution is -0.117. The quantitative estimate of drug-likeness (QED) is 0.349. The monoisotopic (exact) mass is 484 g/mol. The van der Waals surface area contributed by atoms with Crippen LogP contribution >= 0.6 is 0 Å². The number of aromatic nitrogens is 5. The van der Waals surface area contributed by atoms with Gasteiger partial charge in [-0.25, -0.2) is 18.7 Å². The largest absolute Gasteiger partial charge is 0.462 e. The fraction of sp³-hybridized carbons (Fsp3) is 0.120. The smallest absolute Gasteiger partial charge is 0.350 e. The molecule has 3 heterocycles. The maximum absolute atomic E-state index is 12.9. The maximum Gasteiger partial charge on any atom is 0.350 e. The number of anilines is 1. The van der Waals surface area contributed by atoms with Crippen molar-refractivity contribution in [2.24, 2.45) is 0 Å². The minimum Gasteiger partial charge on any atom is -0.462 e. The number of carbonyl (C=O) groups excluding carboxylic acids is 2. The first-order chi connectivity index (χ1) is 17.5. The molecule has 2 aromatic carbocycles. The molecule has 5 rings (SSSR count). The van der Waals surface area contributed by atoms with Gasteiger partial charge in [-0.1, -0.05) is 47.6 Å². The third-order valence-corrected chi connectivity index (χ3v) is 5.29. The van der Waals surface area contributed by atoms with Crippen molar-refractivity contribution in [3.63, 3.8) is 0 Å². The minimum atomic E-state index is -0.558. The fourth-order valence-electron chi connectivity index (χ4n) is 3.65. The van der Waals surface area contributed by atoms with Gasteiger partial charge in [-0.3, -0.25) is 4.79 Å². The van der Waals surface area contributed by atoms with Gasteiger partial charge in [0.2, 0.25) is 11.7 Å². The van der Waals surface area contributed by atoms with Gasteiger partial charge in [0.1, 0.15) is 6.54 Å². The first-order valence-corrected chi connectivity index (χ1v) is 11.1. The summed E-state index contributed by atoms with van der Waals surface area (Å²) in [5, 5.41) is 11.0. The van der Waals surface area contributed by atoms with Gasteiger partial charge in [0.25, 0.3) is 5.89 Å². The number of rotatable bonds is 7. The third kappa shape index (κ3) is 4.37. The van der Waals surface area contributed by atoms with Gasteiger partial charge in [0, 0.05) is 11.8 Å². The number of fused-ring (bicyclic) bond motifs is 1. The lowest BCUT2D eigenvalue weighted by atomic mass is 10.2. The standard InChI is InChI=1S/C25H20N6O5/c1-2-35-24(33)17-11-6-7-13-19(17)26-20(32)15-31-25(34)30-14-8-12-18(22(30)28-31)23-27-21(29-36-23)16-9-4-3-5-10-16/h3-14H,2,15H2,1H3,(H,26,32). The Morgan fingerprint density at radius 1 is 1.03 bits per heavy atom. The van der Waals surface area contributed by atoms with Crippen molar-refractivity contribution >= 4 is 23.2 Å². The van der Waals surface area contributed by atoms with E-state index in [1.54, 1.807) is 43.3 Å². The summed E-state index contributed by atoms with van der Waals surface area (Å²) in [5.74, 6) is -0.515. The molecule has 0 fully saturated rings. The summed E-state index contributed by atoms with van der Waals surface area (Å²) >= 11 is 0. The number of nitrogens with one attached hydrogen (secondary N) is 1. The molecular formula is C25H20N6O5. The van der Waals surface area contributed by atoms with Gasteiger partial charge in [0.15, 0.2) is 5.65 Å². The Balaban J connectivity index is 1.42. The van der Waals surface area contributed by atoms with E-state index in [-0.39, 0.29) is 35.9 Å². The molecule has 3 aromatic heterocycles. The second-order valence-electron chi connectivity index (χ2n) is 7.66. The van der Waals surface area contributed by atoms with Crippen molar-refractivity contribution in [2.75, 3.05) is 11.9 Å². The molecule has 1 N–H and O–H groups in total. The average molecular weight is 484 g/mol. The SMILES string of the molecule is CCOC(=O)c1ccccc1NC(=O)Cn1nc2c(-c3nc(-c4ccccc4)no3)cccn2c1=O. The Morgan fingerprint density at radius 2 is 1.81 bits per heavy atom. The van der Waals surface area contributed by atoms with E-state index in [9.17, 15) is 14.4 Å². The maximum atomic E-state index is 12.9. The topological polar surface area (TPSA) is 134 Å². The first kappa shape index (κ1) is 22.7. The van der Waals surface area contributed by atoms with E-state index >= 15 is 0 Å². The van der Waals surface area contributed by atoms with Gasteiger partial charge in [-0.15, -0.1) is 5.10 Å². The second-order valence-corrected chi connectivity index (χ2v) is 7.66. The number of amides is 1. The summed E-state index contributed by atoms with van der Waals surface area (Å²) < 4.78 is 12.8. The van der Waals surface area contributed by atoms with Gasteiger partial charge >= 0.3 is 11.7 Å². The van der Waals surface area contributed by atoms with Crippen LogP contribution < -0.4 is 11.0 Å². The molecule has 0 atom stereocenters. The molecule has 0 spiro atoms. The number of esters is 1. The summed E-state index contributed by atoms with van der Waals surface area (Å²) in [5.41, 5.74) is 1.44. The summed E-state index contributed by atoms with van der Waals surface area (Å²) in [7, 11) is 0. The number of para-hydroxylation sites is 1. The molecule has 0 aliphatic rings. The van der Waals surface area contributed by atoms with E-state index < -0.39 is 17.6 Å². The number of benzene rings is 2. The first-order valence-electron chi connectivity index (χ1n) is 11.1.